The summed E-state index contributed by atoms with van der Waals surface area (Å²) in [5.41, 5.74) is 2.14. The molecule has 2 aliphatic rings. The number of nitrogens with zero attached hydrogens (tertiary/aromatic N) is 7. The molecule has 1 aliphatic heterocycles. The molecule has 2 fully saturated rings. The molecule has 1 unspecified atom stereocenters. The fourth-order valence-electron chi connectivity index (χ4n) is 5.76. The number of hydrogen-bond donors (Lipinski definition) is 0. The summed E-state index contributed by atoms with van der Waals surface area (Å²) >= 11 is 0. The molecule has 0 bridgehead atoms. The molecule has 3 heterocycles. The molecule has 1 atom stereocenters. The number of hydrogen-bond acceptors (Lipinski definition) is 7. The highest BCUT2D eigenvalue weighted by atomic mass is 16.6. The van der Waals surface area contributed by atoms with Crippen LogP contribution in [0.25, 0.3) is 16.6 Å². The van der Waals surface area contributed by atoms with Gasteiger partial charge >= 0.3 is 0 Å². The van der Waals surface area contributed by atoms with Crippen molar-refractivity contribution in [1.82, 2.24) is 24.5 Å². The first-order chi connectivity index (χ1) is 18.0. The fourth-order valence-corrected chi connectivity index (χ4v) is 5.76. The van der Waals surface area contributed by atoms with Crippen LogP contribution in [-0.4, -0.2) is 61.0 Å². The van der Waals surface area contributed by atoms with E-state index in [9.17, 15) is 14.9 Å². The number of amides is 1. The van der Waals surface area contributed by atoms with Gasteiger partial charge in [0, 0.05) is 54.7 Å². The SMILES string of the molecule is CC1CN(c2nc3ccccc3c3nnc(C4CCCCC4)n23)CCN1C(=O)c1ccc([N+](=O)[O-])cc1. The van der Waals surface area contributed by atoms with Gasteiger partial charge in [0.2, 0.25) is 5.95 Å². The maximum atomic E-state index is 13.2. The number of fused-ring (bicyclic) bond motifs is 3. The fraction of sp³-hybridized carbons (Fsp3) is 0.407. The zero-order valence-corrected chi connectivity index (χ0v) is 20.8. The maximum absolute atomic E-state index is 13.2. The zero-order chi connectivity index (χ0) is 25.5. The van der Waals surface area contributed by atoms with Crippen molar-refractivity contribution < 1.29 is 9.72 Å². The molecule has 2 aromatic carbocycles. The Labute approximate surface area is 214 Å². The van der Waals surface area contributed by atoms with Gasteiger partial charge in [-0.05, 0) is 44.0 Å². The van der Waals surface area contributed by atoms with Gasteiger partial charge in [-0.15, -0.1) is 10.2 Å². The summed E-state index contributed by atoms with van der Waals surface area (Å²) in [5.74, 6) is 2.06. The van der Waals surface area contributed by atoms with Crippen LogP contribution in [0, 0.1) is 10.1 Å². The Morgan fingerprint density at radius 2 is 1.76 bits per heavy atom. The van der Waals surface area contributed by atoms with Crippen molar-refractivity contribution in [3.05, 3.63) is 70.0 Å². The Kier molecular flexibility index (Phi) is 5.94. The lowest BCUT2D eigenvalue weighted by Crippen LogP contribution is -2.54. The van der Waals surface area contributed by atoms with Crippen molar-refractivity contribution in [2.24, 2.45) is 0 Å². The summed E-state index contributed by atoms with van der Waals surface area (Å²) < 4.78 is 2.15. The minimum absolute atomic E-state index is 0.0245. The molecule has 6 rings (SSSR count). The first-order valence-electron chi connectivity index (χ1n) is 13.0. The van der Waals surface area contributed by atoms with E-state index in [2.05, 4.69) is 19.5 Å². The third kappa shape index (κ3) is 4.16. The molecule has 4 aromatic rings. The molecule has 1 aliphatic carbocycles. The third-order valence-electron chi connectivity index (χ3n) is 7.72. The third-order valence-corrected chi connectivity index (χ3v) is 7.72. The van der Waals surface area contributed by atoms with Crippen molar-refractivity contribution in [3.63, 3.8) is 0 Å². The Bertz CT molecular complexity index is 1480. The molecule has 0 N–H and O–H groups in total. The van der Waals surface area contributed by atoms with Gasteiger partial charge in [-0.2, -0.15) is 0 Å². The van der Waals surface area contributed by atoms with Gasteiger partial charge in [0.15, 0.2) is 5.65 Å². The second-order valence-electron chi connectivity index (χ2n) is 10.1. The van der Waals surface area contributed by atoms with E-state index in [0.29, 0.717) is 31.1 Å². The number of para-hydroxylation sites is 1. The summed E-state index contributed by atoms with van der Waals surface area (Å²) in [6, 6.07) is 13.8. The van der Waals surface area contributed by atoms with Gasteiger partial charge in [-0.3, -0.25) is 14.9 Å². The van der Waals surface area contributed by atoms with Gasteiger partial charge in [-0.1, -0.05) is 31.4 Å². The van der Waals surface area contributed by atoms with E-state index in [0.717, 1.165) is 41.2 Å². The smallest absolute Gasteiger partial charge is 0.269 e. The summed E-state index contributed by atoms with van der Waals surface area (Å²) in [6.45, 7) is 3.78. The van der Waals surface area contributed by atoms with Crippen LogP contribution in [0.5, 0.6) is 0 Å². The van der Waals surface area contributed by atoms with Crippen molar-refractivity contribution in [2.75, 3.05) is 24.5 Å². The molecule has 0 spiro atoms. The standard InChI is InChI=1S/C27H29N7O3/c1-18-17-31(15-16-32(18)26(35)20-11-13-21(14-12-20)34(36)37)27-28-23-10-6-5-9-22(23)25-30-29-24(33(25)27)19-7-3-2-4-8-19/h5-6,9-14,18-19H,2-4,7-8,15-17H2,1H3. The van der Waals surface area contributed by atoms with E-state index >= 15 is 0 Å². The number of nitro benzene ring substituents is 1. The van der Waals surface area contributed by atoms with E-state index in [1.807, 2.05) is 36.1 Å². The van der Waals surface area contributed by atoms with Gasteiger partial charge in [0.25, 0.3) is 11.6 Å². The lowest BCUT2D eigenvalue weighted by Gasteiger charge is -2.40. The Morgan fingerprint density at radius 1 is 1.00 bits per heavy atom. The molecule has 0 radical (unpaired) electrons. The second-order valence-corrected chi connectivity index (χ2v) is 10.1. The van der Waals surface area contributed by atoms with Crippen molar-refractivity contribution in [3.8, 4) is 0 Å². The lowest BCUT2D eigenvalue weighted by molar-refractivity contribution is -0.384. The van der Waals surface area contributed by atoms with Crippen LogP contribution in [0.4, 0.5) is 11.6 Å². The Morgan fingerprint density at radius 3 is 2.49 bits per heavy atom. The number of non-ortho nitro benzene ring substituents is 1. The summed E-state index contributed by atoms with van der Waals surface area (Å²) in [4.78, 5) is 32.9. The zero-order valence-electron chi connectivity index (χ0n) is 20.8. The number of piperazine rings is 1. The van der Waals surface area contributed by atoms with Crippen LogP contribution in [0.2, 0.25) is 0 Å². The highest BCUT2D eigenvalue weighted by Crippen LogP contribution is 2.35. The average molecular weight is 500 g/mol. The monoisotopic (exact) mass is 499 g/mol. The lowest BCUT2D eigenvalue weighted by atomic mass is 9.89. The first kappa shape index (κ1) is 23.3. The van der Waals surface area contributed by atoms with E-state index in [4.69, 9.17) is 4.98 Å². The average Bonchev–Trinajstić information content (AvgIpc) is 3.38. The first-order valence-corrected chi connectivity index (χ1v) is 13.0. The van der Waals surface area contributed by atoms with Crippen LogP contribution in [0.3, 0.4) is 0 Å². The van der Waals surface area contributed by atoms with Gasteiger partial charge in [-0.25, -0.2) is 9.38 Å². The van der Waals surface area contributed by atoms with Crippen LogP contribution in [0.1, 0.15) is 61.1 Å². The van der Waals surface area contributed by atoms with Crippen LogP contribution >= 0.6 is 0 Å². The number of benzene rings is 2. The molecule has 1 saturated carbocycles. The highest BCUT2D eigenvalue weighted by Gasteiger charge is 2.32. The summed E-state index contributed by atoms with van der Waals surface area (Å²) in [6.07, 6.45) is 5.90. The molecular formula is C27H29N7O3. The number of aromatic nitrogens is 4. The summed E-state index contributed by atoms with van der Waals surface area (Å²) in [5, 5.41) is 21.3. The number of carbonyl (C=O) groups excluding carboxylic acids is 1. The predicted molar refractivity (Wildman–Crippen MR) is 140 cm³/mol. The topological polar surface area (TPSA) is 110 Å². The van der Waals surface area contributed by atoms with Gasteiger partial charge < -0.3 is 9.80 Å². The largest absolute Gasteiger partial charge is 0.338 e. The van der Waals surface area contributed by atoms with Gasteiger partial charge in [0.05, 0.1) is 10.4 Å². The molecule has 1 amide bonds. The summed E-state index contributed by atoms with van der Waals surface area (Å²) in [7, 11) is 0. The van der Waals surface area contributed by atoms with Crippen molar-refractivity contribution >= 4 is 34.1 Å². The Balaban J connectivity index is 1.32. The Hall–Kier alpha value is -4.08. The van der Waals surface area contributed by atoms with Gasteiger partial charge in [0.1, 0.15) is 5.82 Å². The molecule has 190 valence electrons. The number of carbonyl (C=O) groups is 1. The highest BCUT2D eigenvalue weighted by molar-refractivity contribution is 5.95. The van der Waals surface area contributed by atoms with Crippen LogP contribution < -0.4 is 4.90 Å². The van der Waals surface area contributed by atoms with E-state index in [1.165, 1.54) is 43.5 Å². The van der Waals surface area contributed by atoms with Crippen molar-refractivity contribution in [2.45, 2.75) is 51.0 Å². The quantitative estimate of drug-likeness (QED) is 0.298. The van der Waals surface area contributed by atoms with Crippen molar-refractivity contribution in [1.29, 1.82) is 0 Å². The number of anilines is 1. The molecule has 1 saturated heterocycles. The minimum Gasteiger partial charge on any atom is -0.338 e. The van der Waals surface area contributed by atoms with E-state index in [1.54, 1.807) is 0 Å². The second kappa shape index (κ2) is 9.42. The predicted octanol–water partition coefficient (Wildman–Crippen LogP) is 4.58. The molecule has 10 nitrogen and oxygen atoms in total. The number of rotatable bonds is 4. The normalized spacial score (nSPS) is 19.0. The number of nitro groups is 1. The minimum atomic E-state index is -0.459. The van der Waals surface area contributed by atoms with E-state index in [-0.39, 0.29) is 17.6 Å². The van der Waals surface area contributed by atoms with Crippen LogP contribution in [-0.2, 0) is 0 Å². The van der Waals surface area contributed by atoms with Crippen LogP contribution in [0.15, 0.2) is 48.5 Å². The molecule has 37 heavy (non-hydrogen) atoms. The molecule has 2 aromatic heterocycles. The maximum Gasteiger partial charge on any atom is 0.269 e. The van der Waals surface area contributed by atoms with E-state index < -0.39 is 4.92 Å². The molecular weight excluding hydrogens is 470 g/mol. The molecule has 10 heteroatoms.